The lowest BCUT2D eigenvalue weighted by Gasteiger charge is -2.11. The summed E-state index contributed by atoms with van der Waals surface area (Å²) in [5.41, 5.74) is 7.57. The maximum absolute atomic E-state index is 12.4. The zero-order valence-corrected chi connectivity index (χ0v) is 12.7. The van der Waals surface area contributed by atoms with Crippen molar-refractivity contribution in [3.8, 4) is 0 Å². The Bertz CT molecular complexity index is 776. The molecule has 0 unspecified atom stereocenters. The number of rotatable bonds is 3. The molecule has 112 valence electrons. The first-order chi connectivity index (χ1) is 9.86. The highest BCUT2D eigenvalue weighted by atomic mass is 35.5. The Balaban J connectivity index is 2.57. The van der Waals surface area contributed by atoms with E-state index in [0.29, 0.717) is 5.15 Å². The van der Waals surface area contributed by atoms with Crippen molar-refractivity contribution in [3.63, 3.8) is 0 Å². The molecule has 0 bridgehead atoms. The average Bonchev–Trinajstić information content (AvgIpc) is 2.68. The molecule has 0 radical (unpaired) electrons. The molecule has 2 aromatic rings. The molecule has 0 saturated heterocycles. The molecule has 0 spiro atoms. The lowest BCUT2D eigenvalue weighted by molar-refractivity contribution is 0.318. The van der Waals surface area contributed by atoms with Crippen LogP contribution < -0.4 is 11.3 Å². The van der Waals surface area contributed by atoms with Gasteiger partial charge in [0.1, 0.15) is 5.15 Å². The summed E-state index contributed by atoms with van der Waals surface area (Å²) in [6.45, 7) is 3.90. The van der Waals surface area contributed by atoms with Gasteiger partial charge in [-0.3, -0.25) is 9.48 Å². The van der Waals surface area contributed by atoms with E-state index < -0.39 is 0 Å². The van der Waals surface area contributed by atoms with Crippen LogP contribution in [0.4, 0.5) is 0 Å². The fraction of sp³-hybridized carbons (Fsp3) is 0.308. The van der Waals surface area contributed by atoms with E-state index in [0.717, 1.165) is 17.0 Å². The molecule has 2 aromatic heterocycles. The smallest absolute Gasteiger partial charge is 0.262 e. The number of nitrogens with two attached hydrogens (primary N) is 1. The van der Waals surface area contributed by atoms with E-state index in [1.807, 2.05) is 6.92 Å². The standard InChI is InChI=1S/C13H16ClN5O2/c1-7-4-5-9(12(15)17-21)13(20)19(7)6-10-8(2)16-18(3)11(10)14/h4-5,21H,6H2,1-3H3,(H2,15,17). The third kappa shape index (κ3) is 2.64. The van der Waals surface area contributed by atoms with Gasteiger partial charge in [0.25, 0.3) is 5.56 Å². The van der Waals surface area contributed by atoms with Crippen LogP contribution in [0.3, 0.4) is 0 Å². The minimum absolute atomic E-state index is 0.140. The number of hydrogen-bond acceptors (Lipinski definition) is 4. The number of aryl methyl sites for hydroxylation is 3. The lowest BCUT2D eigenvalue weighted by atomic mass is 10.2. The fourth-order valence-electron chi connectivity index (χ4n) is 2.13. The third-order valence-electron chi connectivity index (χ3n) is 3.36. The lowest BCUT2D eigenvalue weighted by Crippen LogP contribution is -2.31. The molecule has 7 nitrogen and oxygen atoms in total. The molecular formula is C13H16ClN5O2. The van der Waals surface area contributed by atoms with Gasteiger partial charge in [-0.1, -0.05) is 16.8 Å². The van der Waals surface area contributed by atoms with E-state index in [9.17, 15) is 4.79 Å². The first-order valence-corrected chi connectivity index (χ1v) is 6.61. The highest BCUT2D eigenvalue weighted by molar-refractivity contribution is 6.30. The topological polar surface area (TPSA) is 98.4 Å². The summed E-state index contributed by atoms with van der Waals surface area (Å²) < 4.78 is 3.07. The van der Waals surface area contributed by atoms with Crippen LogP contribution in [0, 0.1) is 13.8 Å². The van der Waals surface area contributed by atoms with Gasteiger partial charge in [-0.2, -0.15) is 5.10 Å². The summed E-state index contributed by atoms with van der Waals surface area (Å²) in [4.78, 5) is 12.4. The number of amidine groups is 1. The number of hydrogen-bond donors (Lipinski definition) is 2. The van der Waals surface area contributed by atoms with Crippen LogP contribution in [0.15, 0.2) is 22.1 Å². The summed E-state index contributed by atoms with van der Waals surface area (Å²) in [6, 6.07) is 3.26. The molecular weight excluding hydrogens is 294 g/mol. The number of pyridine rings is 1. The van der Waals surface area contributed by atoms with Gasteiger partial charge in [0, 0.05) is 18.3 Å². The third-order valence-corrected chi connectivity index (χ3v) is 3.84. The monoisotopic (exact) mass is 309 g/mol. The van der Waals surface area contributed by atoms with Crippen molar-refractivity contribution in [1.82, 2.24) is 14.3 Å². The van der Waals surface area contributed by atoms with Gasteiger partial charge >= 0.3 is 0 Å². The number of aromatic nitrogens is 3. The highest BCUT2D eigenvalue weighted by Crippen LogP contribution is 2.19. The molecule has 2 heterocycles. The van der Waals surface area contributed by atoms with Gasteiger partial charge in [-0.25, -0.2) is 0 Å². The van der Waals surface area contributed by atoms with Gasteiger partial charge in [0.2, 0.25) is 0 Å². The summed E-state index contributed by atoms with van der Waals surface area (Å²) in [6.07, 6.45) is 0. The Kier molecular flexibility index (Phi) is 4.04. The average molecular weight is 310 g/mol. The SMILES string of the molecule is Cc1nn(C)c(Cl)c1Cn1c(C)ccc(/C(N)=N/O)c1=O. The van der Waals surface area contributed by atoms with Crippen molar-refractivity contribution in [1.29, 1.82) is 0 Å². The van der Waals surface area contributed by atoms with Crippen LogP contribution in [-0.4, -0.2) is 25.4 Å². The Morgan fingerprint density at radius 1 is 1.48 bits per heavy atom. The van der Waals surface area contributed by atoms with Crippen LogP contribution in [0.25, 0.3) is 0 Å². The van der Waals surface area contributed by atoms with E-state index in [4.69, 9.17) is 22.5 Å². The van der Waals surface area contributed by atoms with Gasteiger partial charge in [-0.05, 0) is 26.0 Å². The minimum Gasteiger partial charge on any atom is -0.409 e. The van der Waals surface area contributed by atoms with Gasteiger partial charge in [0.15, 0.2) is 5.84 Å². The van der Waals surface area contributed by atoms with Crippen molar-refractivity contribution < 1.29 is 5.21 Å². The predicted molar refractivity (Wildman–Crippen MR) is 80.0 cm³/mol. The van der Waals surface area contributed by atoms with Crippen molar-refractivity contribution in [2.24, 2.45) is 17.9 Å². The van der Waals surface area contributed by atoms with Gasteiger partial charge < -0.3 is 15.5 Å². The Morgan fingerprint density at radius 3 is 2.67 bits per heavy atom. The van der Waals surface area contributed by atoms with Gasteiger partial charge in [0.05, 0.1) is 17.8 Å². The molecule has 0 amide bonds. The second-order valence-corrected chi connectivity index (χ2v) is 5.10. The van der Waals surface area contributed by atoms with Crippen LogP contribution in [0.5, 0.6) is 0 Å². The molecule has 0 aliphatic heterocycles. The molecule has 0 aliphatic carbocycles. The van der Waals surface area contributed by atoms with Crippen LogP contribution in [0.1, 0.15) is 22.5 Å². The molecule has 8 heteroatoms. The van der Waals surface area contributed by atoms with Crippen molar-refractivity contribution in [2.45, 2.75) is 20.4 Å². The maximum atomic E-state index is 12.4. The largest absolute Gasteiger partial charge is 0.409 e. The summed E-state index contributed by atoms with van der Waals surface area (Å²) in [7, 11) is 1.74. The van der Waals surface area contributed by atoms with E-state index in [2.05, 4.69) is 10.3 Å². The molecule has 0 saturated carbocycles. The van der Waals surface area contributed by atoms with E-state index in [1.54, 1.807) is 24.7 Å². The minimum atomic E-state index is -0.343. The van der Waals surface area contributed by atoms with Crippen LogP contribution in [0.2, 0.25) is 5.15 Å². The van der Waals surface area contributed by atoms with E-state index >= 15 is 0 Å². The zero-order chi connectivity index (χ0) is 15.7. The maximum Gasteiger partial charge on any atom is 0.262 e. The number of nitrogens with zero attached hydrogens (tertiary/aromatic N) is 4. The summed E-state index contributed by atoms with van der Waals surface area (Å²) >= 11 is 6.19. The van der Waals surface area contributed by atoms with Crippen molar-refractivity contribution in [2.75, 3.05) is 0 Å². The van der Waals surface area contributed by atoms with Crippen LogP contribution in [-0.2, 0) is 13.6 Å². The molecule has 2 rings (SSSR count). The molecule has 0 atom stereocenters. The quantitative estimate of drug-likeness (QED) is 0.382. The summed E-state index contributed by atoms with van der Waals surface area (Å²) in [5.74, 6) is -0.220. The van der Waals surface area contributed by atoms with E-state index in [-0.39, 0.29) is 23.5 Å². The normalized spacial score (nSPS) is 11.9. The fourth-order valence-corrected chi connectivity index (χ4v) is 2.36. The Hall–Kier alpha value is -2.28. The number of halogens is 1. The second-order valence-electron chi connectivity index (χ2n) is 4.74. The van der Waals surface area contributed by atoms with Gasteiger partial charge in [-0.15, -0.1) is 0 Å². The zero-order valence-electron chi connectivity index (χ0n) is 12.0. The molecule has 21 heavy (non-hydrogen) atoms. The Morgan fingerprint density at radius 2 is 2.14 bits per heavy atom. The first kappa shape index (κ1) is 15.1. The molecule has 0 fully saturated rings. The van der Waals surface area contributed by atoms with Crippen LogP contribution >= 0.6 is 11.6 Å². The molecule has 0 aromatic carbocycles. The predicted octanol–water partition coefficient (Wildman–Crippen LogP) is 0.995. The van der Waals surface area contributed by atoms with Crippen molar-refractivity contribution >= 4 is 17.4 Å². The van der Waals surface area contributed by atoms with E-state index in [1.165, 1.54) is 10.6 Å². The molecule has 0 aliphatic rings. The molecule has 3 N–H and O–H groups in total. The number of oxime groups is 1. The van der Waals surface area contributed by atoms with Crippen molar-refractivity contribution in [3.05, 3.63) is 50.2 Å². The highest BCUT2D eigenvalue weighted by Gasteiger charge is 2.15. The summed E-state index contributed by atoms with van der Waals surface area (Å²) in [5, 5.41) is 16.3. The second kappa shape index (κ2) is 5.61. The first-order valence-electron chi connectivity index (χ1n) is 6.23. The Labute approximate surface area is 126 Å².